The van der Waals surface area contributed by atoms with Gasteiger partial charge in [-0.3, -0.25) is 9.59 Å². The molecule has 0 radical (unpaired) electrons. The first-order chi connectivity index (χ1) is 9.09. The molecule has 1 N–H and O–H groups in total. The molecule has 0 saturated heterocycles. The largest absolute Gasteiger partial charge is 0.451 e. The van der Waals surface area contributed by atoms with Gasteiger partial charge in [0.15, 0.2) is 11.4 Å². The van der Waals surface area contributed by atoms with E-state index >= 15 is 0 Å². The first-order valence-corrected chi connectivity index (χ1v) is 6.85. The maximum Gasteiger partial charge on any atom is 0.408 e. The van der Waals surface area contributed by atoms with E-state index in [1.165, 1.54) is 0 Å². The Morgan fingerprint density at radius 1 is 1.25 bits per heavy atom. The number of hydrogen-bond donors (Lipinski definition) is 1. The average Bonchev–Trinajstić information content (AvgIpc) is 3.06. The zero-order valence-electron chi connectivity index (χ0n) is 12.7. The molecule has 0 aromatic heterocycles. The lowest BCUT2D eigenvalue weighted by atomic mass is 10.1. The second-order valence-electron chi connectivity index (χ2n) is 6.05. The predicted molar refractivity (Wildman–Crippen MR) is 72.2 cm³/mol. The van der Waals surface area contributed by atoms with E-state index in [-0.39, 0.29) is 12.2 Å². The molecule has 1 aliphatic carbocycles. The van der Waals surface area contributed by atoms with Gasteiger partial charge in [0.05, 0.1) is 6.04 Å². The first kappa shape index (κ1) is 16.5. The van der Waals surface area contributed by atoms with E-state index in [2.05, 4.69) is 5.32 Å². The van der Waals surface area contributed by atoms with Crippen LogP contribution < -0.4 is 5.32 Å². The smallest absolute Gasteiger partial charge is 0.408 e. The van der Waals surface area contributed by atoms with E-state index < -0.39 is 29.3 Å². The Kier molecular flexibility index (Phi) is 4.78. The van der Waals surface area contributed by atoms with Crippen LogP contribution in [0.1, 0.15) is 53.9 Å². The summed E-state index contributed by atoms with van der Waals surface area (Å²) in [6.07, 6.45) is 0.592. The first-order valence-electron chi connectivity index (χ1n) is 6.85. The van der Waals surface area contributed by atoms with Crippen LogP contribution in [0.25, 0.3) is 0 Å². The van der Waals surface area contributed by atoms with Crippen molar-refractivity contribution in [2.24, 2.45) is 0 Å². The predicted octanol–water partition coefficient (Wildman–Crippen LogP) is 1.95. The summed E-state index contributed by atoms with van der Waals surface area (Å²) >= 11 is 0. The molecule has 0 aromatic carbocycles. The summed E-state index contributed by atoms with van der Waals surface area (Å²) < 4.78 is 10.3. The van der Waals surface area contributed by atoms with Gasteiger partial charge in [-0.25, -0.2) is 4.79 Å². The lowest BCUT2D eigenvalue weighted by Gasteiger charge is -2.23. The van der Waals surface area contributed by atoms with Crippen molar-refractivity contribution in [3.8, 4) is 0 Å². The van der Waals surface area contributed by atoms with E-state index in [4.69, 9.17) is 9.47 Å². The number of alkyl carbamates (subject to hydrolysis) is 1. The lowest BCUT2D eigenvalue weighted by Crippen LogP contribution is -2.47. The molecular formula is C14H23NO5. The van der Waals surface area contributed by atoms with Crippen LogP contribution in [0.15, 0.2) is 0 Å². The summed E-state index contributed by atoms with van der Waals surface area (Å²) in [5.41, 5.74) is -1.67. The zero-order valence-corrected chi connectivity index (χ0v) is 12.7. The minimum atomic E-state index is -1.04. The highest BCUT2D eigenvalue weighted by Gasteiger charge is 2.55. The van der Waals surface area contributed by atoms with Crippen LogP contribution in [0.3, 0.4) is 0 Å². The highest BCUT2D eigenvalue weighted by Crippen LogP contribution is 2.41. The Balaban J connectivity index is 2.55. The summed E-state index contributed by atoms with van der Waals surface area (Å²) in [6.45, 7) is 8.46. The van der Waals surface area contributed by atoms with Gasteiger partial charge in [0.2, 0.25) is 0 Å². The number of amides is 1. The van der Waals surface area contributed by atoms with E-state index in [0.29, 0.717) is 12.8 Å². The van der Waals surface area contributed by atoms with Crippen LogP contribution in [0, 0.1) is 0 Å². The van der Waals surface area contributed by atoms with Crippen molar-refractivity contribution in [2.45, 2.75) is 71.1 Å². The highest BCUT2D eigenvalue weighted by atomic mass is 16.6. The van der Waals surface area contributed by atoms with Crippen LogP contribution >= 0.6 is 0 Å². The minimum absolute atomic E-state index is 0.225. The molecule has 0 aliphatic heterocycles. The Morgan fingerprint density at radius 3 is 2.20 bits per heavy atom. The zero-order chi connectivity index (χ0) is 15.6. The van der Waals surface area contributed by atoms with Gasteiger partial charge in [-0.1, -0.05) is 6.92 Å². The monoisotopic (exact) mass is 285 g/mol. The number of Topliss-reactive ketones (excluding diaryl/α,β-unsaturated/α-hetero) is 1. The number of rotatable bonds is 5. The third-order valence-corrected chi connectivity index (χ3v) is 2.88. The van der Waals surface area contributed by atoms with Gasteiger partial charge in [0.1, 0.15) is 5.60 Å². The van der Waals surface area contributed by atoms with Crippen molar-refractivity contribution in [2.75, 3.05) is 0 Å². The van der Waals surface area contributed by atoms with Gasteiger partial charge in [-0.15, -0.1) is 0 Å². The van der Waals surface area contributed by atoms with Crippen molar-refractivity contribution >= 4 is 17.8 Å². The fourth-order valence-electron chi connectivity index (χ4n) is 1.75. The second kappa shape index (κ2) is 5.81. The Bertz CT molecular complexity index is 406. The Labute approximate surface area is 119 Å². The number of carbonyl (C=O) groups is 3. The molecule has 0 heterocycles. The number of esters is 1. The standard InChI is InChI=1S/C14H23NO5/c1-6-10(16)19-14(7-8-14)11(17)9(2)15-12(18)20-13(3,4)5/h9H,6-8H2,1-5H3,(H,15,18)/t9-/m0/s1. The minimum Gasteiger partial charge on any atom is -0.451 e. The van der Waals surface area contributed by atoms with Gasteiger partial charge in [0.25, 0.3) is 0 Å². The highest BCUT2D eigenvalue weighted by molar-refractivity contribution is 5.97. The number of ether oxygens (including phenoxy) is 2. The molecule has 0 spiro atoms. The molecule has 1 saturated carbocycles. The average molecular weight is 285 g/mol. The fraction of sp³-hybridized carbons (Fsp3) is 0.786. The van der Waals surface area contributed by atoms with Crippen molar-refractivity contribution < 1.29 is 23.9 Å². The van der Waals surface area contributed by atoms with Gasteiger partial charge in [0, 0.05) is 6.42 Å². The van der Waals surface area contributed by atoms with Gasteiger partial charge in [-0.2, -0.15) is 0 Å². The molecule has 1 aliphatic rings. The third kappa shape index (κ3) is 4.51. The summed E-state index contributed by atoms with van der Waals surface area (Å²) in [5, 5.41) is 2.47. The third-order valence-electron chi connectivity index (χ3n) is 2.88. The number of nitrogens with one attached hydrogen (secondary N) is 1. The molecule has 1 fully saturated rings. The van der Waals surface area contributed by atoms with E-state index in [0.717, 1.165) is 0 Å². The summed E-state index contributed by atoms with van der Waals surface area (Å²) in [7, 11) is 0. The SMILES string of the molecule is CCC(=O)OC1(C(=O)[C@H](C)NC(=O)OC(C)(C)C)CC1. The lowest BCUT2D eigenvalue weighted by molar-refractivity contribution is -0.158. The summed E-state index contributed by atoms with van der Waals surface area (Å²) in [4.78, 5) is 35.2. The molecule has 20 heavy (non-hydrogen) atoms. The summed E-state index contributed by atoms with van der Waals surface area (Å²) in [6, 6.07) is -0.753. The normalized spacial score (nSPS) is 17.9. The van der Waals surface area contributed by atoms with Gasteiger partial charge < -0.3 is 14.8 Å². The quantitative estimate of drug-likeness (QED) is 0.781. The molecule has 0 aromatic rings. The van der Waals surface area contributed by atoms with E-state index in [1.807, 2.05) is 0 Å². The van der Waals surface area contributed by atoms with Crippen molar-refractivity contribution in [1.82, 2.24) is 5.32 Å². The Morgan fingerprint density at radius 2 is 1.80 bits per heavy atom. The van der Waals surface area contributed by atoms with E-state index in [1.54, 1.807) is 34.6 Å². The topological polar surface area (TPSA) is 81.7 Å². The van der Waals surface area contributed by atoms with Crippen LogP contribution in [0.4, 0.5) is 4.79 Å². The maximum absolute atomic E-state index is 12.2. The van der Waals surface area contributed by atoms with Crippen molar-refractivity contribution in [3.05, 3.63) is 0 Å². The van der Waals surface area contributed by atoms with Crippen LogP contribution in [-0.4, -0.2) is 35.1 Å². The molecule has 0 bridgehead atoms. The van der Waals surface area contributed by atoms with Crippen molar-refractivity contribution in [1.29, 1.82) is 0 Å². The van der Waals surface area contributed by atoms with E-state index in [9.17, 15) is 14.4 Å². The maximum atomic E-state index is 12.2. The van der Waals surface area contributed by atoms with Crippen LogP contribution in [0.2, 0.25) is 0 Å². The van der Waals surface area contributed by atoms with Gasteiger partial charge >= 0.3 is 12.1 Å². The van der Waals surface area contributed by atoms with Crippen LogP contribution in [-0.2, 0) is 19.1 Å². The Hall–Kier alpha value is -1.59. The molecular weight excluding hydrogens is 262 g/mol. The molecule has 1 rings (SSSR count). The van der Waals surface area contributed by atoms with Crippen LogP contribution in [0.5, 0.6) is 0 Å². The molecule has 6 nitrogen and oxygen atoms in total. The summed E-state index contributed by atoms with van der Waals surface area (Å²) in [5.74, 6) is -0.689. The number of ketones is 1. The number of hydrogen-bond acceptors (Lipinski definition) is 5. The second-order valence-corrected chi connectivity index (χ2v) is 6.05. The number of carbonyl (C=O) groups excluding carboxylic acids is 3. The fourth-order valence-corrected chi connectivity index (χ4v) is 1.75. The van der Waals surface area contributed by atoms with Crippen molar-refractivity contribution in [3.63, 3.8) is 0 Å². The van der Waals surface area contributed by atoms with Gasteiger partial charge in [-0.05, 0) is 40.5 Å². The molecule has 1 amide bonds. The molecule has 1 atom stereocenters. The molecule has 0 unspecified atom stereocenters. The molecule has 114 valence electrons. The molecule has 6 heteroatoms.